The van der Waals surface area contributed by atoms with Crippen molar-refractivity contribution in [2.75, 3.05) is 39.6 Å². The number of methoxy groups -OCH3 is 1. The summed E-state index contributed by atoms with van der Waals surface area (Å²) in [5, 5.41) is 6.38. The van der Waals surface area contributed by atoms with Gasteiger partial charge in [-0.1, -0.05) is 30.3 Å². The molecule has 1 fully saturated rings. The molecule has 0 radical (unpaired) electrons. The van der Waals surface area contributed by atoms with Gasteiger partial charge in [0.05, 0.1) is 6.61 Å². The molecule has 1 aliphatic heterocycles. The van der Waals surface area contributed by atoms with E-state index in [9.17, 15) is 4.79 Å². The molecule has 130 valence electrons. The Bertz CT molecular complexity index is 461. The molecule has 1 aliphatic rings. The Morgan fingerprint density at radius 2 is 2.00 bits per heavy atom. The van der Waals surface area contributed by atoms with Crippen LogP contribution in [0, 0.1) is 5.41 Å². The maximum atomic E-state index is 12.6. The fourth-order valence-corrected chi connectivity index (χ4v) is 3.75. The normalized spacial score (nSPS) is 17.8. The van der Waals surface area contributed by atoms with Gasteiger partial charge in [0.2, 0.25) is 5.91 Å². The zero-order valence-corrected chi connectivity index (χ0v) is 15.5. The maximum Gasteiger partial charge on any atom is 0.237 e. The molecule has 2 rings (SSSR count). The zero-order chi connectivity index (χ0) is 15.8. The highest BCUT2D eigenvalue weighted by molar-refractivity contribution is 7.99. The summed E-state index contributed by atoms with van der Waals surface area (Å²) in [6.45, 7) is 3.36. The van der Waals surface area contributed by atoms with Gasteiger partial charge in [-0.25, -0.2) is 0 Å². The number of hydrogen-bond donors (Lipinski definition) is 2. The SMILES string of the molecule is COCC1(CNC(=O)C(SC)c2ccccc2)CCNCC1.Cl. The molecule has 1 saturated heterocycles. The number of ether oxygens (including phenoxy) is 1. The second kappa shape index (κ2) is 10.2. The number of hydrogen-bond acceptors (Lipinski definition) is 4. The summed E-state index contributed by atoms with van der Waals surface area (Å²) in [7, 11) is 1.74. The summed E-state index contributed by atoms with van der Waals surface area (Å²) < 4.78 is 5.40. The van der Waals surface area contributed by atoms with Gasteiger partial charge >= 0.3 is 0 Å². The van der Waals surface area contributed by atoms with Crippen LogP contribution in [-0.2, 0) is 9.53 Å². The number of carbonyl (C=O) groups excluding carboxylic acids is 1. The first-order valence-electron chi connectivity index (χ1n) is 7.76. The van der Waals surface area contributed by atoms with Crippen LogP contribution in [0.1, 0.15) is 23.7 Å². The number of thioether (sulfide) groups is 1. The Labute approximate surface area is 149 Å². The number of benzene rings is 1. The summed E-state index contributed by atoms with van der Waals surface area (Å²) in [5.41, 5.74) is 1.12. The lowest BCUT2D eigenvalue weighted by molar-refractivity contribution is -0.121. The third-order valence-corrected chi connectivity index (χ3v) is 5.29. The van der Waals surface area contributed by atoms with Gasteiger partial charge in [-0.05, 0) is 37.8 Å². The van der Waals surface area contributed by atoms with E-state index in [1.807, 2.05) is 36.6 Å². The van der Waals surface area contributed by atoms with E-state index in [1.54, 1.807) is 18.9 Å². The summed E-state index contributed by atoms with van der Waals surface area (Å²) >= 11 is 1.57. The first kappa shape index (κ1) is 20.3. The van der Waals surface area contributed by atoms with Crippen molar-refractivity contribution in [2.45, 2.75) is 18.1 Å². The third-order valence-electron chi connectivity index (χ3n) is 4.33. The van der Waals surface area contributed by atoms with Crippen molar-refractivity contribution in [3.05, 3.63) is 35.9 Å². The van der Waals surface area contributed by atoms with Gasteiger partial charge in [0.15, 0.2) is 0 Å². The van der Waals surface area contributed by atoms with Gasteiger partial charge < -0.3 is 15.4 Å². The molecule has 6 heteroatoms. The molecule has 0 aliphatic carbocycles. The van der Waals surface area contributed by atoms with Crippen molar-refractivity contribution < 1.29 is 9.53 Å². The van der Waals surface area contributed by atoms with Gasteiger partial charge in [-0.15, -0.1) is 24.2 Å². The number of rotatable bonds is 7. The first-order valence-corrected chi connectivity index (χ1v) is 9.05. The van der Waals surface area contributed by atoms with E-state index in [4.69, 9.17) is 4.74 Å². The van der Waals surface area contributed by atoms with Crippen LogP contribution < -0.4 is 10.6 Å². The van der Waals surface area contributed by atoms with Crippen molar-refractivity contribution in [3.8, 4) is 0 Å². The lowest BCUT2D eigenvalue weighted by Gasteiger charge is -2.37. The molecular formula is C17H27ClN2O2S. The molecule has 2 N–H and O–H groups in total. The lowest BCUT2D eigenvalue weighted by atomic mass is 9.79. The highest BCUT2D eigenvalue weighted by atomic mass is 35.5. The van der Waals surface area contributed by atoms with Gasteiger partial charge in [0, 0.05) is 19.1 Å². The van der Waals surface area contributed by atoms with E-state index in [-0.39, 0.29) is 29.0 Å². The van der Waals surface area contributed by atoms with Crippen LogP contribution in [0.3, 0.4) is 0 Å². The molecule has 0 saturated carbocycles. The Kier molecular flexibility index (Phi) is 8.99. The molecule has 1 unspecified atom stereocenters. The average molecular weight is 359 g/mol. The van der Waals surface area contributed by atoms with Crippen molar-refractivity contribution in [2.24, 2.45) is 5.41 Å². The second-order valence-electron chi connectivity index (χ2n) is 5.93. The van der Waals surface area contributed by atoms with E-state index in [0.29, 0.717) is 13.2 Å². The number of halogens is 1. The minimum absolute atomic E-state index is 0. The Balaban J connectivity index is 0.00000264. The topological polar surface area (TPSA) is 50.4 Å². The molecule has 1 atom stereocenters. The quantitative estimate of drug-likeness (QED) is 0.786. The van der Waals surface area contributed by atoms with Crippen molar-refractivity contribution in [1.82, 2.24) is 10.6 Å². The first-order chi connectivity index (χ1) is 10.7. The minimum atomic E-state index is -0.150. The molecule has 1 aromatic rings. The molecule has 1 amide bonds. The zero-order valence-electron chi connectivity index (χ0n) is 13.8. The monoisotopic (exact) mass is 358 g/mol. The smallest absolute Gasteiger partial charge is 0.237 e. The van der Waals surface area contributed by atoms with E-state index >= 15 is 0 Å². The molecule has 23 heavy (non-hydrogen) atoms. The molecule has 4 nitrogen and oxygen atoms in total. The average Bonchev–Trinajstić information content (AvgIpc) is 2.56. The number of piperidine rings is 1. The molecular weight excluding hydrogens is 332 g/mol. The highest BCUT2D eigenvalue weighted by Gasteiger charge is 2.33. The number of nitrogens with one attached hydrogen (secondary N) is 2. The van der Waals surface area contributed by atoms with E-state index in [0.717, 1.165) is 31.5 Å². The molecule has 0 bridgehead atoms. The summed E-state index contributed by atoms with van der Waals surface area (Å²) in [6, 6.07) is 9.95. The predicted octanol–water partition coefficient (Wildman–Crippen LogP) is 2.64. The van der Waals surface area contributed by atoms with Gasteiger partial charge in [0.25, 0.3) is 0 Å². The molecule has 0 spiro atoms. The predicted molar refractivity (Wildman–Crippen MR) is 99.4 cm³/mol. The van der Waals surface area contributed by atoms with Crippen molar-refractivity contribution in [1.29, 1.82) is 0 Å². The lowest BCUT2D eigenvalue weighted by Crippen LogP contribution is -2.47. The second-order valence-corrected chi connectivity index (χ2v) is 6.87. The van der Waals surface area contributed by atoms with E-state index < -0.39 is 0 Å². The van der Waals surface area contributed by atoms with Crippen LogP contribution in [0.4, 0.5) is 0 Å². The number of amides is 1. The van der Waals surface area contributed by atoms with Gasteiger partial charge in [-0.3, -0.25) is 4.79 Å². The van der Waals surface area contributed by atoms with E-state index in [2.05, 4.69) is 10.6 Å². The van der Waals surface area contributed by atoms with Gasteiger partial charge in [-0.2, -0.15) is 0 Å². The van der Waals surface area contributed by atoms with Crippen LogP contribution in [0.15, 0.2) is 30.3 Å². The standard InChI is InChI=1S/C17H26N2O2S.ClH/c1-21-13-17(8-10-18-11-9-17)12-19-16(20)15(22-2)14-6-4-3-5-7-14;/h3-7,15,18H,8-13H2,1-2H3,(H,19,20);1H. The molecule has 1 heterocycles. The van der Waals surface area contributed by atoms with Crippen molar-refractivity contribution in [3.63, 3.8) is 0 Å². The Hall–Kier alpha value is -0.750. The van der Waals surface area contributed by atoms with Crippen LogP contribution >= 0.6 is 24.2 Å². The van der Waals surface area contributed by atoms with Crippen LogP contribution in [0.5, 0.6) is 0 Å². The van der Waals surface area contributed by atoms with Crippen LogP contribution in [0.25, 0.3) is 0 Å². The largest absolute Gasteiger partial charge is 0.384 e. The Morgan fingerprint density at radius 3 is 2.57 bits per heavy atom. The Morgan fingerprint density at radius 1 is 1.35 bits per heavy atom. The highest BCUT2D eigenvalue weighted by Crippen LogP contribution is 2.30. The summed E-state index contributed by atoms with van der Waals surface area (Å²) in [6.07, 6.45) is 4.06. The van der Waals surface area contributed by atoms with Crippen molar-refractivity contribution >= 4 is 30.1 Å². The minimum Gasteiger partial charge on any atom is -0.384 e. The van der Waals surface area contributed by atoms with E-state index in [1.165, 1.54) is 0 Å². The van der Waals surface area contributed by atoms with Crippen LogP contribution in [-0.4, -0.2) is 45.5 Å². The molecule has 1 aromatic carbocycles. The maximum absolute atomic E-state index is 12.6. The number of carbonyl (C=O) groups is 1. The molecule has 0 aromatic heterocycles. The summed E-state index contributed by atoms with van der Waals surface area (Å²) in [4.78, 5) is 12.6. The van der Waals surface area contributed by atoms with Crippen LogP contribution in [0.2, 0.25) is 0 Å². The fourth-order valence-electron chi connectivity index (χ4n) is 3.03. The summed E-state index contributed by atoms with van der Waals surface area (Å²) in [5.74, 6) is 0.0905. The fraction of sp³-hybridized carbons (Fsp3) is 0.588. The third kappa shape index (κ3) is 5.68. The van der Waals surface area contributed by atoms with Gasteiger partial charge in [0.1, 0.15) is 5.25 Å².